The minimum Gasteiger partial charge on any atom is -0.464 e. The lowest BCUT2D eigenvalue weighted by Gasteiger charge is -2.26. The second kappa shape index (κ2) is 9.69. The summed E-state index contributed by atoms with van der Waals surface area (Å²) in [5.41, 5.74) is 6.14. The zero-order valence-corrected chi connectivity index (χ0v) is 18.2. The van der Waals surface area contributed by atoms with Crippen LogP contribution in [0.2, 0.25) is 0 Å². The van der Waals surface area contributed by atoms with Gasteiger partial charge in [-0.1, -0.05) is 31.5 Å². The van der Waals surface area contributed by atoms with Gasteiger partial charge in [-0.2, -0.15) is 0 Å². The van der Waals surface area contributed by atoms with Gasteiger partial charge < -0.3 is 9.47 Å². The Morgan fingerprint density at radius 2 is 1.97 bits per heavy atom. The van der Waals surface area contributed by atoms with E-state index >= 15 is 0 Å². The number of aromatic nitrogens is 2. The molecule has 2 heterocycles. The summed E-state index contributed by atoms with van der Waals surface area (Å²) in [6.07, 6.45) is 10.2. The Kier molecular flexibility index (Phi) is 6.78. The maximum Gasteiger partial charge on any atom is 0.358 e. The molecule has 2 fully saturated rings. The molecule has 0 spiro atoms. The van der Waals surface area contributed by atoms with Gasteiger partial charge in [-0.15, -0.1) is 0 Å². The summed E-state index contributed by atoms with van der Waals surface area (Å²) in [7, 11) is 1.41. The predicted molar refractivity (Wildman–Crippen MR) is 116 cm³/mol. The minimum absolute atomic E-state index is 0.375. The van der Waals surface area contributed by atoms with Gasteiger partial charge in [0.25, 0.3) is 0 Å². The number of nitrogens with zero attached hydrogens (tertiary/aromatic N) is 2. The third kappa shape index (κ3) is 4.72. The van der Waals surface area contributed by atoms with Crippen LogP contribution in [0.3, 0.4) is 0 Å². The molecule has 1 aliphatic carbocycles. The Morgan fingerprint density at radius 3 is 2.67 bits per heavy atom. The van der Waals surface area contributed by atoms with E-state index in [9.17, 15) is 4.79 Å². The molecular weight excluding hydrogens is 376 g/mol. The summed E-state index contributed by atoms with van der Waals surface area (Å²) in [6.45, 7) is 3.90. The number of hydrogen-bond acceptors (Lipinski definition) is 5. The quantitative estimate of drug-likeness (QED) is 0.577. The number of ether oxygens (including phenoxy) is 2. The number of hydrogen-bond donors (Lipinski definition) is 0. The lowest BCUT2D eigenvalue weighted by molar-refractivity contribution is 0.0591. The first kappa shape index (κ1) is 21.0. The minimum atomic E-state index is -0.393. The van der Waals surface area contributed by atoms with E-state index in [2.05, 4.69) is 35.1 Å². The van der Waals surface area contributed by atoms with Crippen LogP contribution < -0.4 is 0 Å². The first-order chi connectivity index (χ1) is 14.7. The van der Waals surface area contributed by atoms with Crippen molar-refractivity contribution in [1.82, 2.24) is 9.97 Å². The van der Waals surface area contributed by atoms with Gasteiger partial charge in [-0.05, 0) is 61.1 Å². The lowest BCUT2D eigenvalue weighted by atomic mass is 9.83. The average molecular weight is 409 g/mol. The lowest BCUT2D eigenvalue weighted by Crippen LogP contribution is -2.17. The molecule has 5 nitrogen and oxygen atoms in total. The van der Waals surface area contributed by atoms with Crippen LogP contribution in [0.4, 0.5) is 0 Å². The molecule has 1 saturated heterocycles. The SMILES string of the molecule is CCCCc1c(Cc2ncc(C3CC3)nc2C(=O)OC)cccc1C1CCOCC1. The molecule has 0 radical (unpaired) electrons. The third-order valence-corrected chi connectivity index (χ3v) is 6.35. The number of unbranched alkanes of at least 4 members (excludes halogenated alkanes) is 1. The van der Waals surface area contributed by atoms with Crippen molar-refractivity contribution in [2.45, 2.75) is 70.1 Å². The summed E-state index contributed by atoms with van der Waals surface area (Å²) in [5.74, 6) is 0.608. The van der Waals surface area contributed by atoms with E-state index in [1.807, 2.05) is 6.20 Å². The molecule has 5 heteroatoms. The fourth-order valence-electron chi connectivity index (χ4n) is 4.44. The van der Waals surface area contributed by atoms with Gasteiger partial charge >= 0.3 is 5.97 Å². The largest absolute Gasteiger partial charge is 0.464 e. The highest BCUT2D eigenvalue weighted by molar-refractivity contribution is 5.88. The molecule has 0 unspecified atom stereocenters. The summed E-state index contributed by atoms with van der Waals surface area (Å²) in [4.78, 5) is 21.8. The van der Waals surface area contributed by atoms with Gasteiger partial charge in [0.15, 0.2) is 5.69 Å². The fraction of sp³-hybridized carbons (Fsp3) is 0.560. The molecule has 160 valence electrons. The molecule has 30 heavy (non-hydrogen) atoms. The first-order valence-corrected chi connectivity index (χ1v) is 11.3. The predicted octanol–water partition coefficient (Wildman–Crippen LogP) is 4.97. The van der Waals surface area contributed by atoms with Crippen molar-refractivity contribution in [2.75, 3.05) is 20.3 Å². The molecule has 2 aromatic rings. The van der Waals surface area contributed by atoms with Crippen LogP contribution in [0.15, 0.2) is 24.4 Å². The molecule has 0 amide bonds. The van der Waals surface area contributed by atoms with Crippen molar-refractivity contribution in [3.8, 4) is 0 Å². The van der Waals surface area contributed by atoms with Crippen molar-refractivity contribution in [3.63, 3.8) is 0 Å². The Labute approximate surface area is 179 Å². The van der Waals surface area contributed by atoms with Gasteiger partial charge in [0.2, 0.25) is 0 Å². The standard InChI is InChI=1S/C25H32N2O3/c1-3-4-7-21-19(6-5-8-20(21)17-11-13-30-14-12-17)15-22-24(25(28)29-2)27-23(16-26-22)18-9-10-18/h5-6,8,16-18H,3-4,7,9-15H2,1-2H3. The zero-order valence-electron chi connectivity index (χ0n) is 18.2. The number of carbonyl (C=O) groups excluding carboxylic acids is 1. The Bertz CT molecular complexity index is 886. The monoisotopic (exact) mass is 408 g/mol. The van der Waals surface area contributed by atoms with E-state index in [4.69, 9.17) is 9.47 Å². The number of esters is 1. The summed E-state index contributed by atoms with van der Waals surface area (Å²) >= 11 is 0. The highest BCUT2D eigenvalue weighted by atomic mass is 16.5. The van der Waals surface area contributed by atoms with Gasteiger partial charge in [0.1, 0.15) is 0 Å². The van der Waals surface area contributed by atoms with Crippen molar-refractivity contribution in [1.29, 1.82) is 0 Å². The second-order valence-corrected chi connectivity index (χ2v) is 8.51. The van der Waals surface area contributed by atoms with Crippen LogP contribution >= 0.6 is 0 Å². The zero-order chi connectivity index (χ0) is 20.9. The molecule has 0 atom stereocenters. The summed E-state index contributed by atoms with van der Waals surface area (Å²) < 4.78 is 10.6. The third-order valence-electron chi connectivity index (χ3n) is 6.35. The number of methoxy groups -OCH3 is 1. The first-order valence-electron chi connectivity index (χ1n) is 11.3. The van der Waals surface area contributed by atoms with Crippen molar-refractivity contribution < 1.29 is 14.3 Å². The molecule has 1 aromatic heterocycles. The molecule has 0 bridgehead atoms. The Morgan fingerprint density at radius 1 is 1.17 bits per heavy atom. The van der Waals surface area contributed by atoms with Crippen LogP contribution in [0.25, 0.3) is 0 Å². The Hall–Kier alpha value is -2.27. The highest BCUT2D eigenvalue weighted by Gasteiger charge is 2.28. The van der Waals surface area contributed by atoms with Gasteiger partial charge in [0, 0.05) is 31.7 Å². The maximum absolute atomic E-state index is 12.5. The molecular formula is C25H32N2O3. The van der Waals surface area contributed by atoms with E-state index < -0.39 is 5.97 Å². The van der Waals surface area contributed by atoms with Crippen LogP contribution in [0, 0.1) is 0 Å². The summed E-state index contributed by atoms with van der Waals surface area (Å²) in [6, 6.07) is 6.62. The number of carbonyl (C=O) groups is 1. The van der Waals surface area contributed by atoms with Crippen LogP contribution in [0.1, 0.15) is 95.9 Å². The van der Waals surface area contributed by atoms with Crippen molar-refractivity contribution in [3.05, 3.63) is 58.2 Å². The number of rotatable bonds is 8. The van der Waals surface area contributed by atoms with Crippen LogP contribution in [-0.4, -0.2) is 36.3 Å². The molecule has 4 rings (SSSR count). The number of benzene rings is 1. The average Bonchev–Trinajstić information content (AvgIpc) is 3.64. The van der Waals surface area contributed by atoms with Crippen molar-refractivity contribution in [2.24, 2.45) is 0 Å². The molecule has 1 aliphatic heterocycles. The molecule has 2 aliphatic rings. The molecule has 1 saturated carbocycles. The summed E-state index contributed by atoms with van der Waals surface area (Å²) in [5, 5.41) is 0. The Balaban J connectivity index is 1.69. The maximum atomic E-state index is 12.5. The smallest absolute Gasteiger partial charge is 0.358 e. The van der Waals surface area contributed by atoms with Crippen molar-refractivity contribution >= 4 is 5.97 Å². The van der Waals surface area contributed by atoms with Crippen LogP contribution in [0.5, 0.6) is 0 Å². The normalized spacial score (nSPS) is 17.1. The van der Waals surface area contributed by atoms with Gasteiger partial charge in [0.05, 0.1) is 18.5 Å². The van der Waals surface area contributed by atoms with Crippen LogP contribution in [-0.2, 0) is 22.3 Å². The van der Waals surface area contributed by atoms with E-state index in [1.165, 1.54) is 23.8 Å². The van der Waals surface area contributed by atoms with Gasteiger partial charge in [-0.25, -0.2) is 9.78 Å². The van der Waals surface area contributed by atoms with E-state index in [0.29, 0.717) is 29.6 Å². The molecule has 1 aromatic carbocycles. The van der Waals surface area contributed by atoms with E-state index in [-0.39, 0.29) is 0 Å². The fourth-order valence-corrected chi connectivity index (χ4v) is 4.44. The topological polar surface area (TPSA) is 61.3 Å². The highest BCUT2D eigenvalue weighted by Crippen LogP contribution is 2.39. The van der Waals surface area contributed by atoms with E-state index in [0.717, 1.165) is 63.9 Å². The second-order valence-electron chi connectivity index (χ2n) is 8.51. The van der Waals surface area contributed by atoms with Gasteiger partial charge in [-0.3, -0.25) is 4.98 Å². The van der Waals surface area contributed by atoms with E-state index in [1.54, 1.807) is 0 Å². The molecule has 0 N–H and O–H groups in total.